The van der Waals surface area contributed by atoms with E-state index in [-0.39, 0.29) is 41.9 Å². The highest BCUT2D eigenvalue weighted by Crippen LogP contribution is 2.49. The highest BCUT2D eigenvalue weighted by molar-refractivity contribution is 8.15. The number of para-hydroxylation sites is 3. The molecule has 1 unspecified atom stereocenters. The fourth-order valence-electron chi connectivity index (χ4n) is 5.25. The van der Waals surface area contributed by atoms with E-state index in [2.05, 4.69) is 19.2 Å². The van der Waals surface area contributed by atoms with Gasteiger partial charge in [-0.2, -0.15) is 0 Å². The van der Waals surface area contributed by atoms with Crippen LogP contribution in [0.1, 0.15) is 40.5 Å². The number of hydrogen-bond acceptors (Lipinski definition) is 7. The minimum Gasteiger partial charge on any atom is -0.495 e. The molecule has 0 aromatic heterocycles. The normalized spacial score (nSPS) is 22.1. The molecule has 2 fully saturated rings. The van der Waals surface area contributed by atoms with Gasteiger partial charge < -0.3 is 19.5 Å². The fraction of sp³-hybridized carbons (Fsp3) is 0.364. The summed E-state index contributed by atoms with van der Waals surface area (Å²) in [6, 6.07) is 24.3. The van der Waals surface area contributed by atoms with E-state index in [4.69, 9.17) is 19.2 Å². The molecule has 0 bridgehead atoms. The Morgan fingerprint density at radius 3 is 2.38 bits per heavy atom. The van der Waals surface area contributed by atoms with Gasteiger partial charge in [0.2, 0.25) is 11.8 Å². The van der Waals surface area contributed by atoms with Gasteiger partial charge in [-0.3, -0.25) is 14.5 Å². The van der Waals surface area contributed by atoms with Gasteiger partial charge in [-0.15, -0.1) is 0 Å². The van der Waals surface area contributed by atoms with Gasteiger partial charge in [0.05, 0.1) is 30.6 Å². The molecule has 3 atom stereocenters. The van der Waals surface area contributed by atoms with Gasteiger partial charge in [-0.05, 0) is 62.4 Å². The number of amides is 2. The molecule has 220 valence electrons. The van der Waals surface area contributed by atoms with Crippen LogP contribution in [0, 0.1) is 5.41 Å². The van der Waals surface area contributed by atoms with Crippen molar-refractivity contribution in [2.45, 2.75) is 64.0 Å². The minimum absolute atomic E-state index is 0.00925. The Bertz CT molecular complexity index is 1440. The molecule has 1 aliphatic carbocycles. The second-order valence-electron chi connectivity index (χ2n) is 11.3. The molecule has 3 aromatic rings. The molecule has 0 spiro atoms. The zero-order chi connectivity index (χ0) is 29.9. The lowest BCUT2D eigenvalue weighted by atomic mass is 9.63. The maximum atomic E-state index is 13.9. The molecule has 1 N–H and O–H groups in total. The number of thioether (sulfide) groups is 1. The predicted molar refractivity (Wildman–Crippen MR) is 167 cm³/mol. The number of ether oxygens (including phenoxy) is 3. The number of amidine groups is 1. The highest BCUT2D eigenvalue weighted by atomic mass is 32.2. The second kappa shape index (κ2) is 12.5. The van der Waals surface area contributed by atoms with Crippen LogP contribution >= 0.6 is 11.8 Å². The van der Waals surface area contributed by atoms with Crippen molar-refractivity contribution >= 4 is 40.1 Å². The quantitative estimate of drug-likeness (QED) is 0.284. The van der Waals surface area contributed by atoms with Crippen molar-refractivity contribution in [3.05, 3.63) is 78.9 Å². The predicted octanol–water partition coefficient (Wildman–Crippen LogP) is 6.69. The Hall–Kier alpha value is -3.98. The number of rotatable bonds is 10. The van der Waals surface area contributed by atoms with Crippen LogP contribution in [-0.2, 0) is 9.59 Å². The molecule has 1 aliphatic heterocycles. The van der Waals surface area contributed by atoms with E-state index in [0.29, 0.717) is 28.7 Å². The SMILES string of the molecule is COc1ccccc1NC(=O)CC1SC(=Nc2ccc(OC(C)C)cc2)N([C@@H]2C[C@H](Oc3ccccc3)C2(C)C)C1=O. The highest BCUT2D eigenvalue weighted by Gasteiger charge is 2.57. The first kappa shape index (κ1) is 29.5. The summed E-state index contributed by atoms with van der Waals surface area (Å²) >= 11 is 1.33. The molecule has 3 aromatic carbocycles. The van der Waals surface area contributed by atoms with Crippen LogP contribution in [-0.4, -0.2) is 52.5 Å². The van der Waals surface area contributed by atoms with Crippen molar-refractivity contribution in [1.82, 2.24) is 4.90 Å². The van der Waals surface area contributed by atoms with Crippen LogP contribution in [0.4, 0.5) is 11.4 Å². The van der Waals surface area contributed by atoms with E-state index in [1.807, 2.05) is 80.6 Å². The zero-order valence-corrected chi connectivity index (χ0v) is 25.4. The summed E-state index contributed by atoms with van der Waals surface area (Å²) in [5.41, 5.74) is 0.937. The van der Waals surface area contributed by atoms with Gasteiger partial charge in [-0.1, -0.05) is 55.9 Å². The van der Waals surface area contributed by atoms with Gasteiger partial charge >= 0.3 is 0 Å². The molecule has 9 heteroatoms. The molecule has 42 heavy (non-hydrogen) atoms. The first-order chi connectivity index (χ1) is 20.2. The monoisotopic (exact) mass is 587 g/mol. The maximum Gasteiger partial charge on any atom is 0.242 e. The second-order valence-corrected chi connectivity index (χ2v) is 12.5. The Labute approximate surface area is 251 Å². The molecule has 5 rings (SSSR count). The summed E-state index contributed by atoms with van der Waals surface area (Å²) in [7, 11) is 1.55. The van der Waals surface area contributed by atoms with E-state index in [0.717, 1.165) is 11.5 Å². The van der Waals surface area contributed by atoms with Crippen LogP contribution in [0.5, 0.6) is 17.2 Å². The van der Waals surface area contributed by atoms with E-state index < -0.39 is 5.25 Å². The maximum absolute atomic E-state index is 13.9. The number of carbonyl (C=O) groups is 2. The summed E-state index contributed by atoms with van der Waals surface area (Å²) in [5.74, 6) is 1.74. The smallest absolute Gasteiger partial charge is 0.242 e. The van der Waals surface area contributed by atoms with Crippen LogP contribution in [0.2, 0.25) is 0 Å². The van der Waals surface area contributed by atoms with Crippen molar-refractivity contribution in [2.24, 2.45) is 10.4 Å². The van der Waals surface area contributed by atoms with Gasteiger partial charge in [0.25, 0.3) is 0 Å². The van der Waals surface area contributed by atoms with Crippen molar-refractivity contribution in [2.75, 3.05) is 12.4 Å². The van der Waals surface area contributed by atoms with Gasteiger partial charge in [0, 0.05) is 18.3 Å². The van der Waals surface area contributed by atoms with Crippen LogP contribution in [0.25, 0.3) is 0 Å². The Morgan fingerprint density at radius 2 is 1.71 bits per heavy atom. The third-order valence-corrected chi connectivity index (χ3v) is 8.76. The number of nitrogens with zero attached hydrogens (tertiary/aromatic N) is 2. The number of nitrogens with one attached hydrogen (secondary N) is 1. The molecule has 2 amide bonds. The molecular formula is C33H37N3O5S. The third kappa shape index (κ3) is 6.41. The minimum atomic E-state index is -0.605. The molecule has 0 radical (unpaired) electrons. The molecule has 2 aliphatic rings. The Morgan fingerprint density at radius 1 is 1.02 bits per heavy atom. The largest absolute Gasteiger partial charge is 0.495 e. The number of carbonyl (C=O) groups excluding carboxylic acids is 2. The van der Waals surface area contributed by atoms with Gasteiger partial charge in [0.1, 0.15) is 28.6 Å². The summed E-state index contributed by atoms with van der Waals surface area (Å²) in [6.45, 7) is 8.19. The first-order valence-electron chi connectivity index (χ1n) is 14.2. The van der Waals surface area contributed by atoms with Crippen LogP contribution < -0.4 is 19.5 Å². The Balaban J connectivity index is 1.37. The van der Waals surface area contributed by atoms with Crippen molar-refractivity contribution < 1.29 is 23.8 Å². The van der Waals surface area contributed by atoms with Crippen LogP contribution in [0.15, 0.2) is 83.9 Å². The number of anilines is 1. The fourth-order valence-corrected chi connectivity index (χ4v) is 6.44. The standard InChI is InChI=1S/C33H37N3O5S/c1-21(2)40-24-17-15-22(16-18-24)34-32-36(28-20-29(33(28,3)4)41-23-11-7-6-8-12-23)31(38)27(42-32)19-30(37)35-25-13-9-10-14-26(25)39-5/h6-18,21,27-29H,19-20H2,1-5H3,(H,35,37)/t27?,28-,29+/m1/s1. The molecule has 1 heterocycles. The van der Waals surface area contributed by atoms with Crippen molar-refractivity contribution in [1.29, 1.82) is 0 Å². The molecule has 1 saturated heterocycles. The van der Waals surface area contributed by atoms with Gasteiger partial charge in [-0.25, -0.2) is 4.99 Å². The molecule has 1 saturated carbocycles. The number of hydrogen-bond donors (Lipinski definition) is 1. The van der Waals surface area contributed by atoms with E-state index in [9.17, 15) is 9.59 Å². The number of methoxy groups -OCH3 is 1. The number of benzene rings is 3. The summed E-state index contributed by atoms with van der Waals surface area (Å²) in [4.78, 5) is 33.7. The van der Waals surface area contributed by atoms with Crippen LogP contribution in [0.3, 0.4) is 0 Å². The molecule has 8 nitrogen and oxygen atoms in total. The van der Waals surface area contributed by atoms with Gasteiger partial charge in [0.15, 0.2) is 5.17 Å². The van der Waals surface area contributed by atoms with E-state index >= 15 is 0 Å². The lowest BCUT2D eigenvalue weighted by Gasteiger charge is -2.54. The van der Waals surface area contributed by atoms with E-state index in [1.54, 1.807) is 24.1 Å². The van der Waals surface area contributed by atoms with Crippen molar-refractivity contribution in [3.8, 4) is 17.2 Å². The number of aliphatic imine (C=N–C) groups is 1. The van der Waals surface area contributed by atoms with Crippen molar-refractivity contribution in [3.63, 3.8) is 0 Å². The first-order valence-corrected chi connectivity index (χ1v) is 15.0. The zero-order valence-electron chi connectivity index (χ0n) is 24.6. The third-order valence-electron chi connectivity index (χ3n) is 7.61. The average Bonchev–Trinajstić information content (AvgIpc) is 3.25. The van der Waals surface area contributed by atoms with E-state index in [1.165, 1.54) is 11.8 Å². The average molecular weight is 588 g/mol. The Kier molecular flexibility index (Phi) is 8.77. The lowest BCUT2D eigenvalue weighted by Crippen LogP contribution is -2.64. The lowest BCUT2D eigenvalue weighted by molar-refractivity contribution is -0.141. The topological polar surface area (TPSA) is 89.5 Å². The summed E-state index contributed by atoms with van der Waals surface area (Å²) in [5, 5.41) is 2.88. The summed E-state index contributed by atoms with van der Waals surface area (Å²) in [6.07, 6.45) is 0.670. The molecular weight excluding hydrogens is 550 g/mol. The summed E-state index contributed by atoms with van der Waals surface area (Å²) < 4.78 is 17.4.